The average molecular weight is 676 g/mol. The number of hydrogen-bond donors (Lipinski definition) is 1. The minimum Gasteiger partial charge on any atom is -0.487 e. The van der Waals surface area contributed by atoms with Crippen LogP contribution in [0.5, 0.6) is 5.75 Å². The summed E-state index contributed by atoms with van der Waals surface area (Å²) in [5.41, 5.74) is 1.28. The molecule has 0 aromatic heterocycles. The molecule has 3 atom stereocenters. The number of carbonyl (C=O) groups is 2. The Balaban J connectivity index is 1.55. The standard InChI is InChI=1S/C33H42ClN3O8S/c1-33(2)31(38)35-46(40,41)26-13-15-30-28(19-26)37(16-6-5-8-22-18-25(34)12-10-24(22)21-43-30)20-23-11-14-27(23)29(9-7-17-44-33)45-32(39)36(3)42-4/h7,9-10,12-13,15,18-19,23,27,29H,5-6,8,11,14,16-17,20-21H2,1-4H3,(H,35,38)/b9-7+/t23-,27+,29-/m0/s1. The summed E-state index contributed by atoms with van der Waals surface area (Å²) in [5, 5.41) is 1.70. The first-order valence-electron chi connectivity index (χ1n) is 15.5. The van der Waals surface area contributed by atoms with Crippen LogP contribution in [0.1, 0.15) is 50.7 Å². The Kier molecular flexibility index (Phi) is 10.5. The number of ether oxygens (including phenoxy) is 3. The van der Waals surface area contributed by atoms with Gasteiger partial charge in [-0.2, -0.15) is 5.06 Å². The fourth-order valence-corrected chi connectivity index (χ4v) is 7.29. The van der Waals surface area contributed by atoms with E-state index in [-0.39, 0.29) is 29.9 Å². The molecule has 2 aliphatic heterocycles. The molecule has 13 heteroatoms. The topological polar surface area (TPSA) is 124 Å². The zero-order chi connectivity index (χ0) is 33.1. The number of rotatable bonds is 2. The van der Waals surface area contributed by atoms with Crippen molar-refractivity contribution in [2.75, 3.05) is 38.8 Å². The third-order valence-corrected chi connectivity index (χ3v) is 10.6. The molecule has 2 bridgehead atoms. The summed E-state index contributed by atoms with van der Waals surface area (Å²) in [6.07, 6.45) is 6.57. The van der Waals surface area contributed by atoms with Gasteiger partial charge in [-0.05, 0) is 99.4 Å². The number of halogens is 1. The normalized spacial score (nSPS) is 25.2. The van der Waals surface area contributed by atoms with Gasteiger partial charge < -0.3 is 19.1 Å². The van der Waals surface area contributed by atoms with Crippen molar-refractivity contribution < 1.29 is 37.1 Å². The van der Waals surface area contributed by atoms with Crippen molar-refractivity contribution in [3.63, 3.8) is 0 Å². The minimum absolute atomic E-state index is 0.00192. The molecular formula is C33H42ClN3O8S. The molecule has 5 rings (SSSR count). The lowest BCUT2D eigenvalue weighted by molar-refractivity contribution is -0.139. The molecule has 2 aromatic carbocycles. The lowest BCUT2D eigenvalue weighted by atomic mass is 9.70. The van der Waals surface area contributed by atoms with E-state index in [9.17, 15) is 18.0 Å². The number of anilines is 1. The van der Waals surface area contributed by atoms with Crippen molar-refractivity contribution in [3.05, 3.63) is 64.7 Å². The highest BCUT2D eigenvalue weighted by Gasteiger charge is 2.40. The number of benzene rings is 2. The van der Waals surface area contributed by atoms with Crippen LogP contribution in [-0.4, -0.2) is 71.0 Å². The monoisotopic (exact) mass is 675 g/mol. The average Bonchev–Trinajstić information content (AvgIpc) is 3.03. The number of carbonyl (C=O) groups excluding carboxylic acids is 2. The number of amides is 2. The first-order chi connectivity index (χ1) is 21.9. The second-order valence-electron chi connectivity index (χ2n) is 12.4. The van der Waals surface area contributed by atoms with Crippen molar-refractivity contribution in [1.29, 1.82) is 0 Å². The maximum atomic E-state index is 13.5. The highest BCUT2D eigenvalue weighted by molar-refractivity contribution is 7.90. The lowest BCUT2D eigenvalue weighted by Gasteiger charge is -2.43. The van der Waals surface area contributed by atoms with Crippen molar-refractivity contribution in [1.82, 2.24) is 9.79 Å². The molecule has 2 amide bonds. The first-order valence-corrected chi connectivity index (χ1v) is 17.4. The summed E-state index contributed by atoms with van der Waals surface area (Å²) < 4.78 is 47.3. The van der Waals surface area contributed by atoms with E-state index in [2.05, 4.69) is 9.62 Å². The van der Waals surface area contributed by atoms with Crippen LogP contribution in [0.3, 0.4) is 0 Å². The summed E-state index contributed by atoms with van der Waals surface area (Å²) in [7, 11) is -1.37. The Morgan fingerprint density at radius 3 is 2.67 bits per heavy atom. The van der Waals surface area contributed by atoms with Crippen molar-refractivity contribution in [2.45, 2.75) is 69.2 Å². The van der Waals surface area contributed by atoms with Crippen molar-refractivity contribution in [2.24, 2.45) is 11.8 Å². The molecule has 0 saturated heterocycles. The second-order valence-corrected chi connectivity index (χ2v) is 14.6. The Bertz CT molecular complexity index is 1580. The molecule has 2 aromatic rings. The lowest BCUT2D eigenvalue weighted by Crippen LogP contribution is -2.47. The van der Waals surface area contributed by atoms with Crippen LogP contribution in [0.15, 0.2) is 53.4 Å². The Morgan fingerprint density at radius 2 is 1.93 bits per heavy atom. The van der Waals surface area contributed by atoms with Gasteiger partial charge in [-0.25, -0.2) is 17.9 Å². The number of aryl methyl sites for hydroxylation is 1. The van der Waals surface area contributed by atoms with E-state index in [4.69, 9.17) is 30.6 Å². The van der Waals surface area contributed by atoms with E-state index in [1.807, 2.05) is 18.2 Å². The van der Waals surface area contributed by atoms with E-state index in [0.29, 0.717) is 29.5 Å². The molecule has 1 saturated carbocycles. The van der Waals surface area contributed by atoms with Crippen molar-refractivity contribution in [3.8, 4) is 5.75 Å². The third kappa shape index (κ3) is 7.79. The molecule has 46 heavy (non-hydrogen) atoms. The maximum absolute atomic E-state index is 13.5. The van der Waals surface area contributed by atoms with Crippen LogP contribution in [0, 0.1) is 11.8 Å². The van der Waals surface area contributed by atoms with Gasteiger partial charge in [-0.1, -0.05) is 23.7 Å². The smallest absolute Gasteiger partial charge is 0.434 e. The fourth-order valence-electron chi connectivity index (χ4n) is 5.97. The molecule has 1 N–H and O–H groups in total. The zero-order valence-electron chi connectivity index (χ0n) is 26.7. The minimum atomic E-state index is -4.24. The summed E-state index contributed by atoms with van der Waals surface area (Å²) >= 11 is 6.32. The number of fused-ring (bicyclic) bond motifs is 3. The third-order valence-electron chi connectivity index (χ3n) is 9.02. The number of hydrogen-bond acceptors (Lipinski definition) is 9. The van der Waals surface area contributed by atoms with Gasteiger partial charge in [0.15, 0.2) is 0 Å². The van der Waals surface area contributed by atoms with Crippen LogP contribution >= 0.6 is 11.6 Å². The summed E-state index contributed by atoms with van der Waals surface area (Å²) in [4.78, 5) is 33.0. The van der Waals surface area contributed by atoms with Crippen LogP contribution in [0.25, 0.3) is 0 Å². The van der Waals surface area contributed by atoms with Gasteiger partial charge >= 0.3 is 6.09 Å². The van der Waals surface area contributed by atoms with E-state index < -0.39 is 33.7 Å². The van der Waals surface area contributed by atoms with Crippen LogP contribution in [0.4, 0.5) is 10.5 Å². The van der Waals surface area contributed by atoms with Gasteiger partial charge in [-0.15, -0.1) is 0 Å². The quantitative estimate of drug-likeness (QED) is 0.336. The van der Waals surface area contributed by atoms with Crippen LogP contribution < -0.4 is 14.4 Å². The fraction of sp³-hybridized carbons (Fsp3) is 0.515. The van der Waals surface area contributed by atoms with Gasteiger partial charge in [-0.3, -0.25) is 9.63 Å². The van der Waals surface area contributed by atoms with Gasteiger partial charge in [0.2, 0.25) is 0 Å². The van der Waals surface area contributed by atoms with Crippen LogP contribution in [0.2, 0.25) is 5.02 Å². The Labute approximate surface area is 275 Å². The predicted molar refractivity (Wildman–Crippen MR) is 173 cm³/mol. The van der Waals surface area contributed by atoms with Crippen LogP contribution in [-0.2, 0) is 42.2 Å². The van der Waals surface area contributed by atoms with E-state index in [1.165, 1.54) is 34.1 Å². The Morgan fingerprint density at radius 1 is 1.13 bits per heavy atom. The molecule has 0 spiro atoms. The molecule has 0 unspecified atom stereocenters. The molecule has 2 heterocycles. The summed E-state index contributed by atoms with van der Waals surface area (Å²) in [5.74, 6) is -0.153. The van der Waals surface area contributed by atoms with Crippen molar-refractivity contribution >= 4 is 39.3 Å². The van der Waals surface area contributed by atoms with E-state index >= 15 is 0 Å². The highest BCUT2D eigenvalue weighted by Crippen LogP contribution is 2.42. The zero-order valence-corrected chi connectivity index (χ0v) is 28.2. The number of hydroxylamine groups is 2. The first kappa shape index (κ1) is 34.0. The Hall–Kier alpha value is -3.32. The number of nitrogens with zero attached hydrogens (tertiary/aromatic N) is 2. The molecular weight excluding hydrogens is 634 g/mol. The predicted octanol–water partition coefficient (Wildman–Crippen LogP) is 5.26. The van der Waals surface area contributed by atoms with E-state index in [1.54, 1.807) is 24.3 Å². The molecule has 1 aliphatic carbocycles. The number of sulfonamides is 1. The molecule has 11 nitrogen and oxygen atoms in total. The summed E-state index contributed by atoms with van der Waals surface area (Å²) in [6.45, 7) is 4.50. The van der Waals surface area contributed by atoms with Gasteiger partial charge in [0, 0.05) is 31.1 Å². The maximum Gasteiger partial charge on any atom is 0.434 e. The van der Waals surface area contributed by atoms with E-state index in [0.717, 1.165) is 48.3 Å². The SMILES string of the molecule is CON(C)C(=O)O[C@H]1/C=C/COC(C)(C)C(=O)NS(=O)(=O)c2ccc3c(c2)N(CCCCc2cc(Cl)ccc2CO3)C[C@@H]2CC[C@H]21. The highest BCUT2D eigenvalue weighted by atomic mass is 35.5. The molecule has 1 fully saturated rings. The molecule has 250 valence electrons. The second kappa shape index (κ2) is 14.2. The largest absolute Gasteiger partial charge is 0.487 e. The molecule has 3 aliphatic rings. The van der Waals surface area contributed by atoms with Gasteiger partial charge in [0.1, 0.15) is 24.1 Å². The summed E-state index contributed by atoms with van der Waals surface area (Å²) in [6, 6.07) is 10.4. The molecule has 0 radical (unpaired) electrons. The number of nitrogens with one attached hydrogen (secondary N) is 1. The van der Waals surface area contributed by atoms with Gasteiger partial charge in [0.05, 0.1) is 24.3 Å². The van der Waals surface area contributed by atoms with Gasteiger partial charge in [0.25, 0.3) is 15.9 Å².